The molecule has 0 aromatic heterocycles. The molecule has 2 rings (SSSR count). The number of aliphatic hydroxyl groups is 1. The Labute approximate surface area is 122 Å². The first kappa shape index (κ1) is 15.1. The van der Waals surface area contributed by atoms with Gasteiger partial charge in [-0.15, -0.1) is 0 Å². The molecule has 2 aromatic carbocycles. The molecule has 0 saturated heterocycles. The lowest BCUT2D eigenvalue weighted by Crippen LogP contribution is -2.49. The molecule has 0 spiro atoms. The highest BCUT2D eigenvalue weighted by atomic mass is 16.5. The number of hydrogen-bond acceptors (Lipinski definition) is 2. The summed E-state index contributed by atoms with van der Waals surface area (Å²) in [6.45, 7) is 9.37. The molecule has 0 aliphatic carbocycles. The lowest BCUT2D eigenvalue weighted by Gasteiger charge is -2.37. The van der Waals surface area contributed by atoms with Crippen molar-refractivity contribution in [2.24, 2.45) is 0 Å². The average Bonchev–Trinajstić information content (AvgIpc) is 2.35. The summed E-state index contributed by atoms with van der Waals surface area (Å²) in [7, 11) is 1.72. The monoisotopic (exact) mass is 269 g/mol. The first-order chi connectivity index (χ1) is 9.19. The molecule has 0 bridgehead atoms. The number of hydrogen-bond donors (Lipinski definition) is 1. The molecule has 1 N–H and O–H groups in total. The fourth-order valence-electron chi connectivity index (χ4n) is 1.82. The maximum Gasteiger partial charge on any atom is 0.330 e. The van der Waals surface area contributed by atoms with E-state index in [1.807, 2.05) is 19.9 Å². The Morgan fingerprint density at radius 2 is 1.55 bits per heavy atom. The van der Waals surface area contributed by atoms with Crippen LogP contribution in [0.15, 0.2) is 36.4 Å². The van der Waals surface area contributed by atoms with E-state index in [1.54, 1.807) is 21.3 Å². The summed E-state index contributed by atoms with van der Waals surface area (Å²) in [5.74, 6) is 0. The van der Waals surface area contributed by atoms with Crippen LogP contribution in [0.1, 0.15) is 33.3 Å². The molecular weight excluding hydrogens is 247 g/mol. The van der Waals surface area contributed by atoms with Crippen molar-refractivity contribution in [1.29, 1.82) is 0 Å². The smallest absolute Gasteiger partial charge is 0.330 e. The maximum absolute atomic E-state index is 10.1. The minimum absolute atomic E-state index is 0.644. The van der Waals surface area contributed by atoms with E-state index in [0.29, 0.717) is 0 Å². The first-order valence-corrected chi connectivity index (χ1v) is 6.93. The van der Waals surface area contributed by atoms with Crippen LogP contribution in [0.2, 0.25) is 0 Å². The van der Waals surface area contributed by atoms with Gasteiger partial charge in [0.2, 0.25) is 0 Å². The Balaban J connectivity index is 2.17. The van der Waals surface area contributed by atoms with Crippen LogP contribution in [-0.2, 0) is 4.65 Å². The highest BCUT2D eigenvalue weighted by Gasteiger charge is 2.35. The van der Waals surface area contributed by atoms with Crippen molar-refractivity contribution < 1.29 is 9.76 Å². The van der Waals surface area contributed by atoms with E-state index in [-0.39, 0.29) is 0 Å². The first-order valence-electron chi connectivity index (χ1n) is 6.93. The lowest BCUT2D eigenvalue weighted by atomic mass is 9.82. The Morgan fingerprint density at radius 1 is 0.950 bits per heavy atom. The van der Waals surface area contributed by atoms with Gasteiger partial charge in [-0.3, -0.25) is 0 Å². The third-order valence-electron chi connectivity index (χ3n) is 3.98. The number of rotatable bonds is 4. The molecule has 0 amide bonds. The summed E-state index contributed by atoms with van der Waals surface area (Å²) in [5, 5.41) is 12.5. The van der Waals surface area contributed by atoms with Crippen LogP contribution < -0.4 is 5.46 Å². The molecule has 3 heteroatoms. The third kappa shape index (κ3) is 3.22. The van der Waals surface area contributed by atoms with Gasteiger partial charge in [0.15, 0.2) is 0 Å². The SMILES string of the molecule is Cc1ccc2cc([B]OC(C)(C)C(C)(C)O)ccc2c1. The summed E-state index contributed by atoms with van der Waals surface area (Å²) < 4.78 is 5.78. The molecule has 0 aliphatic rings. The molecule has 105 valence electrons. The fourth-order valence-corrected chi connectivity index (χ4v) is 1.82. The minimum Gasteiger partial charge on any atom is -0.427 e. The zero-order valence-electron chi connectivity index (χ0n) is 12.9. The van der Waals surface area contributed by atoms with Crippen LogP contribution in [0.25, 0.3) is 10.8 Å². The highest BCUT2D eigenvalue weighted by molar-refractivity contribution is 6.47. The van der Waals surface area contributed by atoms with Gasteiger partial charge in [-0.05, 0) is 45.4 Å². The average molecular weight is 269 g/mol. The van der Waals surface area contributed by atoms with Crippen molar-refractivity contribution in [2.45, 2.75) is 45.8 Å². The van der Waals surface area contributed by atoms with Gasteiger partial charge in [-0.25, -0.2) is 0 Å². The van der Waals surface area contributed by atoms with Crippen molar-refractivity contribution >= 4 is 23.7 Å². The van der Waals surface area contributed by atoms with E-state index in [4.69, 9.17) is 4.65 Å². The van der Waals surface area contributed by atoms with E-state index in [2.05, 4.69) is 37.3 Å². The number of aryl methyl sites for hydroxylation is 1. The molecule has 0 saturated carbocycles. The van der Waals surface area contributed by atoms with E-state index < -0.39 is 11.2 Å². The van der Waals surface area contributed by atoms with Gasteiger partial charge in [0.25, 0.3) is 0 Å². The number of benzene rings is 2. The third-order valence-corrected chi connectivity index (χ3v) is 3.98. The van der Waals surface area contributed by atoms with Crippen molar-refractivity contribution in [3.8, 4) is 0 Å². The number of fused-ring (bicyclic) bond motifs is 1. The lowest BCUT2D eigenvalue weighted by molar-refractivity contribution is -0.0893. The molecule has 20 heavy (non-hydrogen) atoms. The molecule has 0 aliphatic heterocycles. The normalized spacial score (nSPS) is 12.7. The van der Waals surface area contributed by atoms with Crippen LogP contribution in [0.4, 0.5) is 0 Å². The summed E-state index contributed by atoms with van der Waals surface area (Å²) in [5.41, 5.74) is 0.708. The van der Waals surface area contributed by atoms with Gasteiger partial charge in [0.05, 0.1) is 11.2 Å². The largest absolute Gasteiger partial charge is 0.427 e. The van der Waals surface area contributed by atoms with Gasteiger partial charge in [-0.1, -0.05) is 47.4 Å². The maximum atomic E-state index is 10.1. The molecule has 1 radical (unpaired) electrons. The minimum atomic E-state index is -0.905. The topological polar surface area (TPSA) is 29.5 Å². The van der Waals surface area contributed by atoms with Crippen molar-refractivity contribution in [2.75, 3.05) is 0 Å². The molecule has 0 unspecified atom stereocenters. The van der Waals surface area contributed by atoms with E-state index in [0.717, 1.165) is 5.46 Å². The van der Waals surface area contributed by atoms with Crippen LogP contribution >= 0.6 is 0 Å². The molecule has 0 fully saturated rings. The summed E-state index contributed by atoms with van der Waals surface area (Å²) >= 11 is 0. The zero-order chi connectivity index (χ0) is 15.0. The van der Waals surface area contributed by atoms with Crippen LogP contribution in [-0.4, -0.2) is 23.8 Å². The Kier molecular flexibility index (Phi) is 3.94. The van der Waals surface area contributed by atoms with E-state index in [9.17, 15) is 5.11 Å². The standard InChI is InChI=1S/C17H22BO2/c1-12-6-7-14-11-15(9-8-13(14)10-12)18-20-17(4,5)16(2,3)19/h6-11,19H,1-5H3. The molecule has 0 heterocycles. The molecule has 2 nitrogen and oxygen atoms in total. The highest BCUT2D eigenvalue weighted by Crippen LogP contribution is 2.24. The fraction of sp³-hybridized carbons (Fsp3) is 0.412. The second-order valence-electron chi connectivity index (χ2n) is 6.42. The summed E-state index contributed by atoms with van der Waals surface area (Å²) in [4.78, 5) is 0. The summed E-state index contributed by atoms with van der Waals surface area (Å²) in [6, 6.07) is 12.6. The quantitative estimate of drug-likeness (QED) is 0.865. The Hall–Kier alpha value is -1.32. The van der Waals surface area contributed by atoms with E-state index in [1.165, 1.54) is 16.3 Å². The second-order valence-corrected chi connectivity index (χ2v) is 6.42. The molecular formula is C17H22BO2. The predicted molar refractivity (Wildman–Crippen MR) is 85.5 cm³/mol. The van der Waals surface area contributed by atoms with Gasteiger partial charge < -0.3 is 9.76 Å². The van der Waals surface area contributed by atoms with Crippen molar-refractivity contribution in [1.82, 2.24) is 0 Å². The molecule has 0 atom stereocenters. The van der Waals surface area contributed by atoms with Gasteiger partial charge >= 0.3 is 7.48 Å². The van der Waals surface area contributed by atoms with Crippen molar-refractivity contribution in [3.63, 3.8) is 0 Å². The van der Waals surface area contributed by atoms with Gasteiger partial charge in [-0.2, -0.15) is 0 Å². The van der Waals surface area contributed by atoms with Crippen LogP contribution in [0.3, 0.4) is 0 Å². The second kappa shape index (κ2) is 5.23. The Bertz CT molecular complexity index is 612. The predicted octanol–water partition coefficient (Wildman–Crippen LogP) is 2.96. The van der Waals surface area contributed by atoms with E-state index >= 15 is 0 Å². The van der Waals surface area contributed by atoms with Gasteiger partial charge in [0, 0.05) is 0 Å². The molecule has 2 aromatic rings. The summed E-state index contributed by atoms with van der Waals surface area (Å²) in [6.07, 6.45) is 0. The van der Waals surface area contributed by atoms with Gasteiger partial charge in [0.1, 0.15) is 0 Å². The van der Waals surface area contributed by atoms with Crippen LogP contribution in [0.5, 0.6) is 0 Å². The van der Waals surface area contributed by atoms with Crippen molar-refractivity contribution in [3.05, 3.63) is 42.0 Å². The van der Waals surface area contributed by atoms with Crippen LogP contribution in [0, 0.1) is 6.92 Å². The Morgan fingerprint density at radius 3 is 2.20 bits per heavy atom. The zero-order valence-corrected chi connectivity index (χ0v) is 12.9.